The Labute approximate surface area is 100 Å². The van der Waals surface area contributed by atoms with E-state index < -0.39 is 0 Å². The number of imide groups is 1. The van der Waals surface area contributed by atoms with Crippen LogP contribution < -0.4 is 5.32 Å². The van der Waals surface area contributed by atoms with Gasteiger partial charge in [0.1, 0.15) is 0 Å². The molecule has 0 bridgehead atoms. The number of hydrogen-bond acceptors (Lipinski definition) is 2. The van der Waals surface area contributed by atoms with E-state index in [1.807, 2.05) is 12.1 Å². The summed E-state index contributed by atoms with van der Waals surface area (Å²) in [5.74, 6) is -0.130. The Morgan fingerprint density at radius 3 is 2.71 bits per heavy atom. The number of carbonyl (C=O) groups excluding carboxylic acids is 2. The van der Waals surface area contributed by atoms with Crippen LogP contribution in [-0.2, 0) is 16.0 Å². The summed E-state index contributed by atoms with van der Waals surface area (Å²) in [6.07, 6.45) is 3.58. The van der Waals surface area contributed by atoms with Gasteiger partial charge in [-0.05, 0) is 36.3 Å². The van der Waals surface area contributed by atoms with Gasteiger partial charge >= 0.3 is 0 Å². The Hall–Kier alpha value is -1.64. The van der Waals surface area contributed by atoms with Crippen LogP contribution in [0.1, 0.15) is 36.3 Å². The Morgan fingerprint density at radius 1 is 1.12 bits per heavy atom. The number of nitrogens with one attached hydrogen (secondary N) is 1. The first-order valence-electron chi connectivity index (χ1n) is 6.17. The first kappa shape index (κ1) is 10.5. The molecular weight excluding hydrogens is 214 g/mol. The van der Waals surface area contributed by atoms with E-state index in [-0.39, 0.29) is 23.7 Å². The smallest absolute Gasteiger partial charge is 0.230 e. The van der Waals surface area contributed by atoms with Gasteiger partial charge in [-0.1, -0.05) is 24.3 Å². The molecule has 88 valence electrons. The molecule has 0 spiro atoms. The second-order valence-corrected chi connectivity index (χ2v) is 4.92. The Bertz CT molecular complexity index is 481. The van der Waals surface area contributed by atoms with Crippen molar-refractivity contribution in [3.8, 4) is 0 Å². The van der Waals surface area contributed by atoms with Gasteiger partial charge in [0.05, 0.1) is 5.92 Å². The molecule has 3 rings (SSSR count). The maximum absolute atomic E-state index is 11.8. The van der Waals surface area contributed by atoms with E-state index in [0.717, 1.165) is 19.3 Å². The number of hydrogen-bond donors (Lipinski definition) is 1. The van der Waals surface area contributed by atoms with Gasteiger partial charge in [-0.2, -0.15) is 0 Å². The first-order chi connectivity index (χ1) is 8.25. The normalized spacial score (nSPS) is 27.8. The second kappa shape index (κ2) is 3.99. The molecule has 2 amide bonds. The third-order valence-corrected chi connectivity index (χ3v) is 3.91. The second-order valence-electron chi connectivity index (χ2n) is 4.92. The number of fused-ring (bicyclic) bond motifs is 1. The van der Waals surface area contributed by atoms with Crippen LogP contribution in [0.4, 0.5) is 0 Å². The minimum atomic E-state index is -0.149. The number of carbonyl (C=O) groups is 2. The van der Waals surface area contributed by atoms with Gasteiger partial charge in [-0.15, -0.1) is 0 Å². The van der Waals surface area contributed by atoms with Crippen molar-refractivity contribution in [1.29, 1.82) is 0 Å². The van der Waals surface area contributed by atoms with Crippen LogP contribution in [0.25, 0.3) is 0 Å². The third kappa shape index (κ3) is 1.75. The third-order valence-electron chi connectivity index (χ3n) is 3.91. The van der Waals surface area contributed by atoms with Crippen molar-refractivity contribution in [2.45, 2.75) is 31.6 Å². The lowest BCUT2D eigenvalue weighted by atomic mass is 9.75. The number of aryl methyl sites for hydroxylation is 1. The molecule has 1 aromatic rings. The predicted molar refractivity (Wildman–Crippen MR) is 63.4 cm³/mol. The van der Waals surface area contributed by atoms with E-state index in [1.165, 1.54) is 11.1 Å². The van der Waals surface area contributed by atoms with E-state index in [0.29, 0.717) is 6.42 Å². The lowest BCUT2D eigenvalue weighted by Gasteiger charge is -2.28. The molecule has 17 heavy (non-hydrogen) atoms. The number of amides is 2. The lowest BCUT2D eigenvalue weighted by molar-refractivity contribution is -0.126. The monoisotopic (exact) mass is 229 g/mol. The van der Waals surface area contributed by atoms with Gasteiger partial charge in [0, 0.05) is 6.42 Å². The Morgan fingerprint density at radius 2 is 1.94 bits per heavy atom. The topological polar surface area (TPSA) is 46.2 Å². The van der Waals surface area contributed by atoms with Gasteiger partial charge in [-0.3, -0.25) is 14.9 Å². The van der Waals surface area contributed by atoms with Crippen molar-refractivity contribution in [2.75, 3.05) is 0 Å². The fraction of sp³-hybridized carbons (Fsp3) is 0.429. The Balaban J connectivity index is 1.95. The number of benzene rings is 1. The Kier molecular flexibility index (Phi) is 2.46. The van der Waals surface area contributed by atoms with Gasteiger partial charge < -0.3 is 0 Å². The van der Waals surface area contributed by atoms with Crippen LogP contribution in [0.5, 0.6) is 0 Å². The van der Waals surface area contributed by atoms with Gasteiger partial charge in [0.15, 0.2) is 0 Å². The SMILES string of the molecule is O=C1CC(C2CCCc3ccccc32)C(=O)N1. The van der Waals surface area contributed by atoms with E-state index in [2.05, 4.69) is 17.4 Å². The number of rotatable bonds is 1. The molecule has 2 atom stereocenters. The molecule has 1 fully saturated rings. The molecular formula is C14H15NO2. The molecule has 0 radical (unpaired) electrons. The van der Waals surface area contributed by atoms with Crippen molar-refractivity contribution >= 4 is 11.8 Å². The zero-order chi connectivity index (χ0) is 11.8. The van der Waals surface area contributed by atoms with Crippen molar-refractivity contribution in [2.24, 2.45) is 5.92 Å². The highest BCUT2D eigenvalue weighted by molar-refractivity contribution is 6.03. The zero-order valence-corrected chi connectivity index (χ0v) is 9.61. The average Bonchev–Trinajstić information content (AvgIpc) is 2.68. The molecule has 1 aliphatic carbocycles. The molecule has 2 aliphatic rings. The quantitative estimate of drug-likeness (QED) is 0.746. The largest absolute Gasteiger partial charge is 0.296 e. The van der Waals surface area contributed by atoms with E-state index in [4.69, 9.17) is 0 Å². The summed E-state index contributed by atoms with van der Waals surface area (Å²) in [6, 6.07) is 8.30. The molecule has 1 aromatic carbocycles. The van der Waals surface area contributed by atoms with Crippen LogP contribution >= 0.6 is 0 Å². The van der Waals surface area contributed by atoms with Crippen molar-refractivity contribution in [3.63, 3.8) is 0 Å². The fourth-order valence-electron chi connectivity index (χ4n) is 3.11. The molecule has 2 unspecified atom stereocenters. The highest BCUT2D eigenvalue weighted by Gasteiger charge is 2.38. The standard InChI is InChI=1S/C14H15NO2/c16-13-8-12(14(17)15-13)11-7-3-5-9-4-1-2-6-10(9)11/h1-2,4,6,11-12H,3,5,7-8H2,(H,15,16,17). The highest BCUT2D eigenvalue weighted by atomic mass is 16.2. The van der Waals surface area contributed by atoms with Crippen LogP contribution in [0, 0.1) is 5.92 Å². The molecule has 0 aromatic heterocycles. The summed E-state index contributed by atoms with van der Waals surface area (Å²) >= 11 is 0. The molecule has 1 heterocycles. The van der Waals surface area contributed by atoms with Crippen LogP contribution in [-0.4, -0.2) is 11.8 Å². The van der Waals surface area contributed by atoms with E-state index >= 15 is 0 Å². The van der Waals surface area contributed by atoms with Gasteiger partial charge in [0.2, 0.25) is 11.8 Å². The highest BCUT2D eigenvalue weighted by Crippen LogP contribution is 2.39. The van der Waals surface area contributed by atoms with Gasteiger partial charge in [-0.25, -0.2) is 0 Å². The summed E-state index contributed by atoms with van der Waals surface area (Å²) in [5, 5.41) is 2.42. The first-order valence-corrected chi connectivity index (χ1v) is 6.17. The summed E-state index contributed by atoms with van der Waals surface area (Å²) in [5.41, 5.74) is 2.62. The maximum Gasteiger partial charge on any atom is 0.230 e. The minimum absolute atomic E-state index is 0.0864. The summed E-state index contributed by atoms with van der Waals surface area (Å²) < 4.78 is 0. The van der Waals surface area contributed by atoms with Crippen LogP contribution in [0.3, 0.4) is 0 Å². The summed E-state index contributed by atoms with van der Waals surface area (Å²) in [4.78, 5) is 23.0. The maximum atomic E-state index is 11.8. The van der Waals surface area contributed by atoms with E-state index in [1.54, 1.807) is 0 Å². The summed E-state index contributed by atoms with van der Waals surface area (Å²) in [6.45, 7) is 0. The van der Waals surface area contributed by atoms with Crippen molar-refractivity contribution in [3.05, 3.63) is 35.4 Å². The summed E-state index contributed by atoms with van der Waals surface area (Å²) in [7, 11) is 0. The molecule has 1 saturated heterocycles. The van der Waals surface area contributed by atoms with E-state index in [9.17, 15) is 9.59 Å². The molecule has 3 nitrogen and oxygen atoms in total. The fourth-order valence-corrected chi connectivity index (χ4v) is 3.11. The van der Waals surface area contributed by atoms with Gasteiger partial charge in [0.25, 0.3) is 0 Å². The molecule has 0 saturated carbocycles. The molecule has 1 aliphatic heterocycles. The van der Waals surface area contributed by atoms with Crippen LogP contribution in [0.15, 0.2) is 24.3 Å². The van der Waals surface area contributed by atoms with Crippen LogP contribution in [0.2, 0.25) is 0 Å². The lowest BCUT2D eigenvalue weighted by Crippen LogP contribution is -2.27. The molecule has 3 heteroatoms. The van der Waals surface area contributed by atoms with Crippen molar-refractivity contribution < 1.29 is 9.59 Å². The minimum Gasteiger partial charge on any atom is -0.296 e. The van der Waals surface area contributed by atoms with Crippen molar-refractivity contribution in [1.82, 2.24) is 5.32 Å². The zero-order valence-electron chi connectivity index (χ0n) is 9.61. The average molecular weight is 229 g/mol. The molecule has 1 N–H and O–H groups in total. The predicted octanol–water partition coefficient (Wildman–Crippen LogP) is 1.77.